The maximum Gasteiger partial charge on any atom is 0.412 e. The lowest BCUT2D eigenvalue weighted by Gasteiger charge is -2.41. The van der Waals surface area contributed by atoms with Gasteiger partial charge in [0.2, 0.25) is 5.56 Å². The number of anilines is 1. The largest absolute Gasteiger partial charge is 0.487 e. The number of ether oxygens (including phenoxy) is 2. The van der Waals surface area contributed by atoms with Crippen molar-refractivity contribution in [1.82, 2.24) is 19.8 Å². The van der Waals surface area contributed by atoms with Gasteiger partial charge in [0.05, 0.1) is 17.3 Å². The summed E-state index contributed by atoms with van der Waals surface area (Å²) in [4.78, 5) is 37.8. The molecule has 0 spiro atoms. The topological polar surface area (TPSA) is 109 Å². The summed E-state index contributed by atoms with van der Waals surface area (Å²) < 4.78 is 48.4. The Labute approximate surface area is 413 Å². The van der Waals surface area contributed by atoms with Crippen molar-refractivity contribution in [3.8, 4) is 16.9 Å². The monoisotopic (exact) mass is 972 g/mol. The van der Waals surface area contributed by atoms with E-state index in [1.807, 2.05) is 42.5 Å². The second-order valence-corrected chi connectivity index (χ2v) is 25.0. The van der Waals surface area contributed by atoms with Crippen LogP contribution in [-0.2, 0) is 22.3 Å². The minimum atomic E-state index is -2.26. The van der Waals surface area contributed by atoms with Gasteiger partial charge in [-0.3, -0.25) is 20.0 Å². The number of rotatable bonds is 23. The van der Waals surface area contributed by atoms with Crippen molar-refractivity contribution >= 4 is 31.0 Å². The SMILES string of the molecule is CC(C)(C)[Si](C)(C)O[C@H](CN(CCCCCCCCCN1CCC(OC(=O)Nc2c(F)cc(F)cc2-c2cccnc2)CC1)Cc1ccccc1)c1ccc(OCc2ccccc2)c2[nH]c(=O)ccc12. The van der Waals surface area contributed by atoms with Crippen molar-refractivity contribution in [3.63, 3.8) is 0 Å². The van der Waals surface area contributed by atoms with Crippen LogP contribution in [0.4, 0.5) is 19.3 Å². The number of halogens is 2. The van der Waals surface area contributed by atoms with Gasteiger partial charge in [0.1, 0.15) is 30.1 Å². The van der Waals surface area contributed by atoms with Crippen LogP contribution in [0.1, 0.15) is 101 Å². The number of likely N-dealkylation sites (tertiary alicyclic amines) is 1. The number of nitrogens with one attached hydrogen (secondary N) is 2. The lowest BCUT2D eigenvalue weighted by Crippen LogP contribution is -2.44. The number of carbonyl (C=O) groups excluding carboxylic acids is 1. The molecule has 70 heavy (non-hydrogen) atoms. The van der Waals surface area contributed by atoms with Gasteiger partial charge in [0.25, 0.3) is 0 Å². The summed E-state index contributed by atoms with van der Waals surface area (Å²) in [5.41, 5.74) is 4.46. The number of amides is 1. The van der Waals surface area contributed by atoms with Crippen LogP contribution in [0.5, 0.6) is 5.75 Å². The van der Waals surface area contributed by atoms with Crippen molar-refractivity contribution in [1.29, 1.82) is 0 Å². The van der Waals surface area contributed by atoms with Crippen molar-refractivity contribution in [2.75, 3.05) is 38.0 Å². The zero-order valence-electron chi connectivity index (χ0n) is 41.7. The highest BCUT2D eigenvalue weighted by Crippen LogP contribution is 2.42. The van der Waals surface area contributed by atoms with Crippen LogP contribution >= 0.6 is 0 Å². The van der Waals surface area contributed by atoms with E-state index in [-0.39, 0.29) is 34.1 Å². The third kappa shape index (κ3) is 14.9. The Morgan fingerprint density at radius 3 is 2.23 bits per heavy atom. The van der Waals surface area contributed by atoms with Gasteiger partial charge in [-0.15, -0.1) is 0 Å². The number of fused-ring (bicyclic) bond motifs is 1. The molecule has 1 aliphatic rings. The highest BCUT2D eigenvalue weighted by Gasteiger charge is 2.40. The molecule has 1 atom stereocenters. The molecule has 10 nitrogen and oxygen atoms in total. The van der Waals surface area contributed by atoms with Gasteiger partial charge in [-0.25, -0.2) is 13.6 Å². The minimum Gasteiger partial charge on any atom is -0.487 e. The number of unbranched alkanes of at least 4 members (excludes halogenated alkanes) is 6. The number of hydrogen-bond acceptors (Lipinski definition) is 8. The minimum absolute atomic E-state index is 0.00539. The molecule has 4 aromatic carbocycles. The van der Waals surface area contributed by atoms with Crippen LogP contribution in [0.15, 0.2) is 126 Å². The lowest BCUT2D eigenvalue weighted by atomic mass is 10.0. The molecule has 1 aliphatic heterocycles. The molecule has 6 aromatic rings. The first kappa shape index (κ1) is 52.1. The van der Waals surface area contributed by atoms with E-state index < -0.39 is 26.0 Å². The zero-order valence-corrected chi connectivity index (χ0v) is 42.7. The molecule has 1 amide bonds. The first-order valence-corrected chi connectivity index (χ1v) is 28.0. The zero-order chi connectivity index (χ0) is 49.5. The van der Waals surface area contributed by atoms with E-state index in [1.165, 1.54) is 43.5 Å². The molecule has 7 rings (SSSR count). The molecule has 0 unspecified atom stereocenters. The third-order valence-electron chi connectivity index (χ3n) is 13.9. The fourth-order valence-corrected chi connectivity index (χ4v) is 10.2. The van der Waals surface area contributed by atoms with E-state index in [0.717, 1.165) is 74.6 Å². The molecule has 0 saturated carbocycles. The van der Waals surface area contributed by atoms with Crippen LogP contribution < -0.4 is 15.6 Å². The maximum atomic E-state index is 14.8. The molecular weight excluding hydrogens is 901 g/mol. The van der Waals surface area contributed by atoms with Gasteiger partial charge in [-0.1, -0.05) is 126 Å². The Morgan fingerprint density at radius 1 is 0.857 bits per heavy atom. The molecule has 1 fully saturated rings. The van der Waals surface area contributed by atoms with Gasteiger partial charge in [-0.05, 0) is 97.9 Å². The van der Waals surface area contributed by atoms with Crippen LogP contribution in [0, 0.1) is 11.6 Å². The van der Waals surface area contributed by atoms with Crippen LogP contribution in [0.25, 0.3) is 22.0 Å². The van der Waals surface area contributed by atoms with Crippen LogP contribution in [0.3, 0.4) is 0 Å². The number of aromatic nitrogens is 2. The Balaban J connectivity index is 0.885. The Kier molecular flexibility index (Phi) is 18.5. The van der Waals surface area contributed by atoms with E-state index in [4.69, 9.17) is 13.9 Å². The molecule has 2 N–H and O–H groups in total. The molecule has 13 heteroatoms. The van der Waals surface area contributed by atoms with E-state index in [2.05, 4.69) is 95.3 Å². The summed E-state index contributed by atoms with van der Waals surface area (Å²) in [5, 5.41) is 3.45. The molecular formula is C57H71F2N5O5Si. The molecule has 2 aromatic heterocycles. The Morgan fingerprint density at radius 2 is 1.54 bits per heavy atom. The predicted octanol–water partition coefficient (Wildman–Crippen LogP) is 13.5. The first-order chi connectivity index (χ1) is 33.7. The van der Waals surface area contributed by atoms with Crippen molar-refractivity contribution < 1.29 is 27.5 Å². The van der Waals surface area contributed by atoms with Crippen LogP contribution in [0.2, 0.25) is 18.1 Å². The number of pyridine rings is 2. The number of hydrogen-bond donors (Lipinski definition) is 2. The highest BCUT2D eigenvalue weighted by atomic mass is 28.4. The average Bonchev–Trinajstić information content (AvgIpc) is 3.34. The van der Waals surface area contributed by atoms with E-state index in [9.17, 15) is 18.4 Å². The van der Waals surface area contributed by atoms with E-state index in [0.29, 0.717) is 42.8 Å². The van der Waals surface area contributed by atoms with Gasteiger partial charge in [-0.2, -0.15) is 0 Å². The molecule has 372 valence electrons. The first-order valence-electron chi connectivity index (χ1n) is 25.1. The number of H-pyrrole nitrogens is 1. The number of benzene rings is 4. The van der Waals surface area contributed by atoms with E-state index >= 15 is 0 Å². The summed E-state index contributed by atoms with van der Waals surface area (Å²) in [6.07, 6.45) is 11.3. The molecule has 0 aliphatic carbocycles. The Bertz CT molecular complexity index is 2640. The lowest BCUT2D eigenvalue weighted by molar-refractivity contribution is 0.0584. The Hall–Kier alpha value is -5.73. The number of aromatic amines is 1. The summed E-state index contributed by atoms with van der Waals surface area (Å²) in [6.45, 7) is 17.0. The number of carbonyl (C=O) groups is 1. The highest BCUT2D eigenvalue weighted by molar-refractivity contribution is 6.74. The maximum absolute atomic E-state index is 14.8. The molecule has 1 saturated heterocycles. The van der Waals surface area contributed by atoms with Gasteiger partial charge in [0.15, 0.2) is 8.32 Å². The predicted molar refractivity (Wildman–Crippen MR) is 280 cm³/mol. The fourth-order valence-electron chi connectivity index (χ4n) is 8.97. The second-order valence-electron chi connectivity index (χ2n) is 20.2. The van der Waals surface area contributed by atoms with Crippen molar-refractivity contribution in [2.45, 2.75) is 122 Å². The van der Waals surface area contributed by atoms with Crippen molar-refractivity contribution in [3.05, 3.63) is 160 Å². The number of piperidine rings is 1. The third-order valence-corrected chi connectivity index (χ3v) is 18.4. The normalized spacial score (nSPS) is 14.2. The second kappa shape index (κ2) is 24.9. The van der Waals surface area contributed by atoms with Crippen LogP contribution in [-0.4, -0.2) is 73.0 Å². The molecule has 3 heterocycles. The quantitative estimate of drug-likeness (QED) is 0.0483. The molecule has 0 bridgehead atoms. The summed E-state index contributed by atoms with van der Waals surface area (Å²) in [7, 11) is -2.26. The summed E-state index contributed by atoms with van der Waals surface area (Å²) >= 11 is 0. The summed E-state index contributed by atoms with van der Waals surface area (Å²) in [6, 6.07) is 33.7. The average molecular weight is 972 g/mol. The molecule has 0 radical (unpaired) electrons. The van der Waals surface area contributed by atoms with Crippen molar-refractivity contribution in [2.24, 2.45) is 0 Å². The fraction of sp³-hybridized carbons (Fsp3) is 0.421. The van der Waals surface area contributed by atoms with Gasteiger partial charge >= 0.3 is 6.09 Å². The summed E-state index contributed by atoms with van der Waals surface area (Å²) in [5.74, 6) is -0.971. The van der Waals surface area contributed by atoms with Gasteiger partial charge < -0.3 is 23.8 Å². The smallest absolute Gasteiger partial charge is 0.412 e. The van der Waals surface area contributed by atoms with Gasteiger partial charge in [0, 0.05) is 67.2 Å². The van der Waals surface area contributed by atoms with E-state index in [1.54, 1.807) is 24.4 Å². The standard InChI is InChI=1S/C57H71F2N5O5Si/c1-57(2,3)70(4,5)69-52(47-25-27-51(55-48(47)26-28-53(65)61-55)67-41-43-22-15-12-16-23-43)40-64(39-42-20-13-11-14-21-42)33-18-10-8-6-7-9-17-32-63-34-29-46(30-35-63)68-56(66)62-54-49(36-45(58)37-50(54)59)44-24-19-31-60-38-44/h11-16,19-28,31,36-38,46,52H,6-10,17-18,29-30,32-35,39-41H2,1-5H3,(H,61,65)(H,62,66)/t52-/m1/s1. The number of nitrogens with zero attached hydrogens (tertiary/aromatic N) is 3.